The first kappa shape index (κ1) is 17.2. The Balaban J connectivity index is 1.52. The molecule has 4 rings (SSSR count). The van der Waals surface area contributed by atoms with Gasteiger partial charge in [-0.2, -0.15) is 5.10 Å². The maximum Gasteiger partial charge on any atom is 0.229 e. The van der Waals surface area contributed by atoms with E-state index in [2.05, 4.69) is 10.2 Å². The average Bonchev–Trinajstić information content (AvgIpc) is 3.26. The molecule has 2 aromatic carbocycles. The highest BCUT2D eigenvalue weighted by molar-refractivity contribution is 6.05. The summed E-state index contributed by atoms with van der Waals surface area (Å²) in [4.78, 5) is 28.3. The van der Waals surface area contributed by atoms with Crippen LogP contribution < -0.4 is 4.90 Å². The lowest BCUT2D eigenvalue weighted by Gasteiger charge is -2.21. The fourth-order valence-corrected chi connectivity index (χ4v) is 3.53. The number of benzene rings is 2. The SMILES string of the molecule is CN(Cc1ccccc1)C(=O)[C@H]1CC(=O)N(c2n[nH]c3cccc(F)c23)C1. The number of fused-ring (bicyclic) bond motifs is 1. The molecule has 6 nitrogen and oxygen atoms in total. The molecule has 0 unspecified atom stereocenters. The molecule has 3 aromatic rings. The van der Waals surface area contributed by atoms with Crippen LogP contribution in [0.5, 0.6) is 0 Å². The van der Waals surface area contributed by atoms with Crippen LogP contribution in [0.3, 0.4) is 0 Å². The smallest absolute Gasteiger partial charge is 0.229 e. The van der Waals surface area contributed by atoms with Gasteiger partial charge in [0.2, 0.25) is 11.8 Å². The first-order chi connectivity index (χ1) is 13.0. The molecule has 0 saturated carbocycles. The molecule has 1 N–H and O–H groups in total. The lowest BCUT2D eigenvalue weighted by atomic mass is 10.1. The van der Waals surface area contributed by atoms with E-state index in [-0.39, 0.29) is 36.0 Å². The van der Waals surface area contributed by atoms with Crippen molar-refractivity contribution in [3.8, 4) is 0 Å². The fraction of sp³-hybridized carbons (Fsp3) is 0.250. The molecule has 1 aliphatic heterocycles. The highest BCUT2D eigenvalue weighted by Crippen LogP contribution is 2.31. The summed E-state index contributed by atoms with van der Waals surface area (Å²) in [7, 11) is 1.73. The molecule has 1 saturated heterocycles. The lowest BCUT2D eigenvalue weighted by Crippen LogP contribution is -2.34. The predicted octanol–water partition coefficient (Wildman–Crippen LogP) is 2.71. The number of hydrogen-bond donors (Lipinski definition) is 1. The molecule has 138 valence electrons. The van der Waals surface area contributed by atoms with Crippen molar-refractivity contribution >= 4 is 28.5 Å². The zero-order valence-electron chi connectivity index (χ0n) is 14.9. The molecule has 0 aliphatic carbocycles. The third kappa shape index (κ3) is 3.16. The summed E-state index contributed by atoms with van der Waals surface area (Å²) in [6.07, 6.45) is 0.0980. The van der Waals surface area contributed by atoms with E-state index in [0.29, 0.717) is 12.1 Å². The Morgan fingerprint density at radius 2 is 2.04 bits per heavy atom. The number of H-pyrrole nitrogens is 1. The highest BCUT2D eigenvalue weighted by Gasteiger charge is 2.38. The minimum absolute atomic E-state index is 0.0980. The average molecular weight is 366 g/mol. The second kappa shape index (κ2) is 6.83. The van der Waals surface area contributed by atoms with Crippen LogP contribution in [0.25, 0.3) is 10.9 Å². The van der Waals surface area contributed by atoms with Gasteiger partial charge in [-0.25, -0.2) is 4.39 Å². The molecule has 0 spiro atoms. The summed E-state index contributed by atoms with van der Waals surface area (Å²) < 4.78 is 14.2. The monoisotopic (exact) mass is 366 g/mol. The van der Waals surface area contributed by atoms with Crippen LogP contribution in [0.2, 0.25) is 0 Å². The van der Waals surface area contributed by atoms with Gasteiger partial charge < -0.3 is 4.90 Å². The van der Waals surface area contributed by atoms with Crippen LogP contribution in [0.4, 0.5) is 10.2 Å². The molecule has 1 aromatic heterocycles. The number of amides is 2. The summed E-state index contributed by atoms with van der Waals surface area (Å²) in [5.74, 6) is -0.994. The summed E-state index contributed by atoms with van der Waals surface area (Å²) in [5, 5.41) is 7.13. The van der Waals surface area contributed by atoms with Crippen LogP contribution >= 0.6 is 0 Å². The zero-order chi connectivity index (χ0) is 19.0. The van der Waals surface area contributed by atoms with Crippen molar-refractivity contribution in [1.29, 1.82) is 0 Å². The van der Waals surface area contributed by atoms with Gasteiger partial charge in [-0.1, -0.05) is 36.4 Å². The Morgan fingerprint density at radius 3 is 2.81 bits per heavy atom. The minimum atomic E-state index is -0.468. The number of anilines is 1. The number of aromatic nitrogens is 2. The number of aromatic amines is 1. The summed E-state index contributed by atoms with van der Waals surface area (Å²) in [6.45, 7) is 0.676. The van der Waals surface area contributed by atoms with E-state index in [0.717, 1.165) is 5.56 Å². The number of nitrogens with zero attached hydrogens (tertiary/aromatic N) is 3. The summed E-state index contributed by atoms with van der Waals surface area (Å²) >= 11 is 0. The first-order valence-corrected chi connectivity index (χ1v) is 8.76. The molecular formula is C20H19FN4O2. The quantitative estimate of drug-likeness (QED) is 0.772. The zero-order valence-corrected chi connectivity index (χ0v) is 14.9. The number of hydrogen-bond acceptors (Lipinski definition) is 3. The van der Waals surface area contributed by atoms with Crippen molar-refractivity contribution < 1.29 is 14.0 Å². The fourth-order valence-electron chi connectivity index (χ4n) is 3.53. The molecule has 0 bridgehead atoms. The Morgan fingerprint density at radius 1 is 1.26 bits per heavy atom. The maximum atomic E-state index is 14.2. The highest BCUT2D eigenvalue weighted by atomic mass is 19.1. The Hall–Kier alpha value is -3.22. The van der Waals surface area contributed by atoms with Crippen molar-refractivity contribution in [2.24, 2.45) is 5.92 Å². The lowest BCUT2D eigenvalue weighted by molar-refractivity contribution is -0.135. The van der Waals surface area contributed by atoms with E-state index in [4.69, 9.17) is 0 Å². The van der Waals surface area contributed by atoms with Crippen LogP contribution in [0, 0.1) is 11.7 Å². The van der Waals surface area contributed by atoms with Crippen LogP contribution in [0.15, 0.2) is 48.5 Å². The molecule has 7 heteroatoms. The Kier molecular flexibility index (Phi) is 4.35. The van der Waals surface area contributed by atoms with Crippen molar-refractivity contribution in [2.75, 3.05) is 18.5 Å². The summed E-state index contributed by atoms with van der Waals surface area (Å²) in [6, 6.07) is 14.3. The molecule has 1 aliphatic rings. The van der Waals surface area contributed by atoms with Crippen LogP contribution in [0.1, 0.15) is 12.0 Å². The van der Waals surface area contributed by atoms with Gasteiger partial charge in [0.25, 0.3) is 0 Å². The Labute approximate surface area is 155 Å². The van der Waals surface area contributed by atoms with Gasteiger partial charge >= 0.3 is 0 Å². The van der Waals surface area contributed by atoms with Crippen molar-refractivity contribution in [3.05, 3.63) is 59.9 Å². The number of carbonyl (C=O) groups is 2. The van der Waals surface area contributed by atoms with Crippen molar-refractivity contribution in [2.45, 2.75) is 13.0 Å². The van der Waals surface area contributed by atoms with Gasteiger partial charge in [0.1, 0.15) is 5.82 Å². The van der Waals surface area contributed by atoms with Crippen LogP contribution in [-0.2, 0) is 16.1 Å². The van der Waals surface area contributed by atoms with E-state index >= 15 is 0 Å². The van der Waals surface area contributed by atoms with E-state index in [1.807, 2.05) is 30.3 Å². The van der Waals surface area contributed by atoms with Gasteiger partial charge in [0.05, 0.1) is 16.8 Å². The molecule has 27 heavy (non-hydrogen) atoms. The molecular weight excluding hydrogens is 347 g/mol. The normalized spacial score (nSPS) is 16.9. The minimum Gasteiger partial charge on any atom is -0.341 e. The topological polar surface area (TPSA) is 69.3 Å². The van der Waals surface area contributed by atoms with E-state index in [9.17, 15) is 14.0 Å². The van der Waals surface area contributed by atoms with E-state index in [1.54, 1.807) is 24.1 Å². The molecule has 1 fully saturated rings. The molecule has 0 radical (unpaired) electrons. The second-order valence-corrected chi connectivity index (χ2v) is 6.79. The van der Waals surface area contributed by atoms with Gasteiger partial charge in [0.15, 0.2) is 5.82 Å². The van der Waals surface area contributed by atoms with Gasteiger partial charge in [0, 0.05) is 26.6 Å². The second-order valence-electron chi connectivity index (χ2n) is 6.79. The number of halogens is 1. The van der Waals surface area contributed by atoms with Crippen LogP contribution in [-0.4, -0.2) is 40.5 Å². The van der Waals surface area contributed by atoms with Gasteiger partial charge in [-0.05, 0) is 17.7 Å². The van der Waals surface area contributed by atoms with Crippen molar-refractivity contribution in [3.63, 3.8) is 0 Å². The molecule has 2 amide bonds. The van der Waals surface area contributed by atoms with Crippen molar-refractivity contribution in [1.82, 2.24) is 15.1 Å². The number of nitrogens with one attached hydrogen (secondary N) is 1. The third-order valence-corrected chi connectivity index (χ3v) is 4.89. The molecule has 2 heterocycles. The standard InChI is InChI=1S/C20H19FN4O2/c1-24(11-13-6-3-2-4-7-13)20(27)14-10-17(26)25(12-14)19-18-15(21)8-5-9-16(18)22-23-19/h2-9,14H,10-12H2,1H3,(H,22,23)/t14-/m0/s1. The maximum absolute atomic E-state index is 14.2. The largest absolute Gasteiger partial charge is 0.341 e. The number of rotatable bonds is 4. The van der Waals surface area contributed by atoms with E-state index in [1.165, 1.54) is 11.0 Å². The summed E-state index contributed by atoms with van der Waals surface area (Å²) in [5.41, 5.74) is 1.55. The predicted molar refractivity (Wildman–Crippen MR) is 99.4 cm³/mol. The third-order valence-electron chi connectivity index (χ3n) is 4.89. The first-order valence-electron chi connectivity index (χ1n) is 8.76. The van der Waals surface area contributed by atoms with Gasteiger partial charge in [-0.3, -0.25) is 19.6 Å². The molecule has 1 atom stereocenters. The van der Waals surface area contributed by atoms with E-state index < -0.39 is 11.7 Å². The number of carbonyl (C=O) groups excluding carboxylic acids is 2. The van der Waals surface area contributed by atoms with Gasteiger partial charge in [-0.15, -0.1) is 0 Å². The Bertz CT molecular complexity index is 1000.